The molecule has 0 saturated carbocycles. The first-order valence-electron chi connectivity index (χ1n) is 7.15. The van der Waals surface area contributed by atoms with Crippen molar-refractivity contribution in [2.75, 3.05) is 7.05 Å². The number of guanidine groups is 1. The summed E-state index contributed by atoms with van der Waals surface area (Å²) in [6.07, 6.45) is 0.233. The molecule has 2 aliphatic rings. The Balaban J connectivity index is 1.91. The predicted octanol–water partition coefficient (Wildman–Crippen LogP) is 3.02. The molecule has 2 atom stereocenters. The van der Waals surface area contributed by atoms with Crippen molar-refractivity contribution in [1.29, 1.82) is 0 Å². The Morgan fingerprint density at radius 3 is 2.96 bits per heavy atom. The van der Waals surface area contributed by atoms with E-state index in [4.69, 9.17) is 10.5 Å². The van der Waals surface area contributed by atoms with Crippen LogP contribution in [0.15, 0.2) is 45.2 Å². The van der Waals surface area contributed by atoms with Crippen LogP contribution in [0, 0.1) is 0 Å². The fourth-order valence-electron chi connectivity index (χ4n) is 3.14. The maximum absolute atomic E-state index is 12.9. The van der Waals surface area contributed by atoms with Crippen molar-refractivity contribution >= 4 is 39.1 Å². The van der Waals surface area contributed by atoms with Crippen LogP contribution in [0.1, 0.15) is 23.0 Å². The van der Waals surface area contributed by atoms with Crippen molar-refractivity contribution in [3.05, 3.63) is 50.6 Å². The van der Waals surface area contributed by atoms with E-state index in [0.717, 1.165) is 14.9 Å². The quantitative estimate of drug-likeness (QED) is 0.811. The molecule has 0 fully saturated rings. The van der Waals surface area contributed by atoms with E-state index < -0.39 is 5.54 Å². The lowest BCUT2D eigenvalue weighted by atomic mass is 9.81. The SMILES string of the molecule is CN1C(=O)C2(CC(c3cccs3)Oc3ccc(Br)cc32)N=C1N. The Bertz CT molecular complexity index is 821. The van der Waals surface area contributed by atoms with Crippen LogP contribution in [0.4, 0.5) is 0 Å². The van der Waals surface area contributed by atoms with Gasteiger partial charge in [-0.15, -0.1) is 11.3 Å². The summed E-state index contributed by atoms with van der Waals surface area (Å²) in [5.74, 6) is 0.810. The molecule has 118 valence electrons. The number of thiophene rings is 1. The number of hydrogen-bond donors (Lipinski definition) is 1. The van der Waals surface area contributed by atoms with Gasteiger partial charge in [0.2, 0.25) is 0 Å². The van der Waals surface area contributed by atoms with Gasteiger partial charge in [-0.25, -0.2) is 4.99 Å². The topological polar surface area (TPSA) is 67.9 Å². The third-order valence-electron chi connectivity index (χ3n) is 4.31. The highest BCUT2D eigenvalue weighted by Crippen LogP contribution is 2.50. The Kier molecular flexibility index (Phi) is 3.24. The average molecular weight is 392 g/mol. The molecule has 2 aromatic rings. The summed E-state index contributed by atoms with van der Waals surface area (Å²) in [5.41, 5.74) is 5.69. The highest BCUT2D eigenvalue weighted by atomic mass is 79.9. The summed E-state index contributed by atoms with van der Waals surface area (Å²) in [7, 11) is 1.66. The number of amides is 1. The number of likely N-dealkylation sites (N-methyl/N-ethyl adjacent to an activating group) is 1. The number of aliphatic imine (C=N–C) groups is 1. The molecule has 7 heteroatoms. The summed E-state index contributed by atoms with van der Waals surface area (Å²) < 4.78 is 7.03. The molecular weight excluding hydrogens is 378 g/mol. The molecule has 1 aromatic carbocycles. The first-order chi connectivity index (χ1) is 11.0. The number of carbonyl (C=O) groups excluding carboxylic acids is 1. The van der Waals surface area contributed by atoms with Gasteiger partial charge in [-0.3, -0.25) is 9.69 Å². The summed E-state index contributed by atoms with van der Waals surface area (Å²) in [6.45, 7) is 0. The molecule has 2 N–H and O–H groups in total. The monoisotopic (exact) mass is 391 g/mol. The molecule has 0 radical (unpaired) electrons. The van der Waals surface area contributed by atoms with Crippen molar-refractivity contribution in [1.82, 2.24) is 4.90 Å². The second-order valence-corrected chi connectivity index (χ2v) is 7.56. The molecule has 3 heterocycles. The summed E-state index contributed by atoms with van der Waals surface area (Å²) >= 11 is 5.08. The van der Waals surface area contributed by atoms with Gasteiger partial charge in [-0.05, 0) is 29.6 Å². The molecule has 23 heavy (non-hydrogen) atoms. The number of fused-ring (bicyclic) bond motifs is 2. The van der Waals surface area contributed by atoms with Gasteiger partial charge in [0, 0.05) is 28.4 Å². The van der Waals surface area contributed by atoms with E-state index in [2.05, 4.69) is 20.9 Å². The van der Waals surface area contributed by atoms with Gasteiger partial charge in [-0.2, -0.15) is 0 Å². The average Bonchev–Trinajstić information content (AvgIpc) is 3.13. The van der Waals surface area contributed by atoms with E-state index in [9.17, 15) is 4.79 Å². The number of benzene rings is 1. The maximum atomic E-state index is 12.9. The standard InChI is InChI=1S/C16H14BrN3O2S/c1-20-14(21)16(19-15(20)18)8-12(13-3-2-6-23-13)22-11-5-4-9(17)7-10(11)16/h2-7,12H,8H2,1H3,(H2,18,19). The molecule has 5 nitrogen and oxygen atoms in total. The van der Waals surface area contributed by atoms with Gasteiger partial charge in [0.1, 0.15) is 11.9 Å². The van der Waals surface area contributed by atoms with Crippen LogP contribution in [0.2, 0.25) is 0 Å². The molecule has 2 unspecified atom stereocenters. The number of nitrogens with zero attached hydrogens (tertiary/aromatic N) is 2. The van der Waals surface area contributed by atoms with E-state index in [1.807, 2.05) is 35.7 Å². The largest absolute Gasteiger partial charge is 0.484 e. The highest BCUT2D eigenvalue weighted by Gasteiger charge is 2.53. The van der Waals surface area contributed by atoms with Crippen LogP contribution in [-0.4, -0.2) is 23.8 Å². The lowest BCUT2D eigenvalue weighted by molar-refractivity contribution is -0.132. The first-order valence-corrected chi connectivity index (χ1v) is 8.82. The van der Waals surface area contributed by atoms with E-state index >= 15 is 0 Å². The summed E-state index contributed by atoms with van der Waals surface area (Å²) in [6, 6.07) is 9.67. The van der Waals surface area contributed by atoms with Gasteiger partial charge in [-0.1, -0.05) is 22.0 Å². The van der Waals surface area contributed by atoms with Crippen LogP contribution in [0.5, 0.6) is 5.75 Å². The normalized spacial score (nSPS) is 26.2. The second-order valence-electron chi connectivity index (χ2n) is 5.66. The Morgan fingerprint density at radius 2 is 2.30 bits per heavy atom. The molecule has 0 aliphatic carbocycles. The minimum Gasteiger partial charge on any atom is -0.484 e. The number of hydrogen-bond acceptors (Lipinski definition) is 5. The fraction of sp³-hybridized carbons (Fsp3) is 0.250. The zero-order chi connectivity index (χ0) is 16.2. The zero-order valence-corrected chi connectivity index (χ0v) is 14.7. The van der Waals surface area contributed by atoms with E-state index in [0.29, 0.717) is 12.2 Å². The van der Waals surface area contributed by atoms with Crippen molar-refractivity contribution < 1.29 is 9.53 Å². The second kappa shape index (κ2) is 5.07. The van der Waals surface area contributed by atoms with Crippen LogP contribution >= 0.6 is 27.3 Å². The van der Waals surface area contributed by atoms with Gasteiger partial charge >= 0.3 is 0 Å². The molecule has 0 saturated heterocycles. The molecule has 1 aromatic heterocycles. The highest BCUT2D eigenvalue weighted by molar-refractivity contribution is 9.10. The van der Waals surface area contributed by atoms with E-state index in [1.165, 1.54) is 4.90 Å². The van der Waals surface area contributed by atoms with Crippen molar-refractivity contribution in [2.24, 2.45) is 10.7 Å². The third kappa shape index (κ3) is 2.10. The minimum absolute atomic E-state index is 0.112. The maximum Gasteiger partial charge on any atom is 0.261 e. The van der Waals surface area contributed by atoms with Crippen molar-refractivity contribution in [2.45, 2.75) is 18.1 Å². The molecule has 4 rings (SSSR count). The van der Waals surface area contributed by atoms with Crippen LogP contribution in [-0.2, 0) is 10.3 Å². The number of carbonyl (C=O) groups is 1. The lowest BCUT2D eigenvalue weighted by Gasteiger charge is -2.36. The van der Waals surface area contributed by atoms with Crippen LogP contribution < -0.4 is 10.5 Å². The third-order valence-corrected chi connectivity index (χ3v) is 5.76. The Morgan fingerprint density at radius 1 is 1.48 bits per heavy atom. The molecular formula is C16H14BrN3O2S. The minimum atomic E-state index is -1.01. The summed E-state index contributed by atoms with van der Waals surface area (Å²) in [5, 5.41) is 2.00. The van der Waals surface area contributed by atoms with Gasteiger partial charge in [0.25, 0.3) is 5.91 Å². The molecule has 2 aliphatic heterocycles. The van der Waals surface area contributed by atoms with Crippen LogP contribution in [0.3, 0.4) is 0 Å². The Hall–Kier alpha value is -1.86. The molecule has 0 bridgehead atoms. The number of rotatable bonds is 1. The van der Waals surface area contributed by atoms with Crippen molar-refractivity contribution in [3.63, 3.8) is 0 Å². The first kappa shape index (κ1) is 14.7. The van der Waals surface area contributed by atoms with Crippen LogP contribution in [0.25, 0.3) is 0 Å². The molecule has 1 spiro atoms. The molecule has 1 amide bonds. The zero-order valence-electron chi connectivity index (χ0n) is 12.3. The number of ether oxygens (including phenoxy) is 1. The predicted molar refractivity (Wildman–Crippen MR) is 92.5 cm³/mol. The summed E-state index contributed by atoms with van der Waals surface area (Å²) in [4.78, 5) is 20.0. The van der Waals surface area contributed by atoms with Gasteiger partial charge in [0.15, 0.2) is 11.5 Å². The lowest BCUT2D eigenvalue weighted by Crippen LogP contribution is -2.43. The van der Waals surface area contributed by atoms with E-state index in [1.54, 1.807) is 18.4 Å². The number of halogens is 1. The van der Waals surface area contributed by atoms with Crippen molar-refractivity contribution in [3.8, 4) is 5.75 Å². The van der Waals surface area contributed by atoms with Gasteiger partial charge < -0.3 is 10.5 Å². The van der Waals surface area contributed by atoms with Gasteiger partial charge in [0.05, 0.1) is 0 Å². The number of nitrogens with two attached hydrogens (primary N) is 1. The van der Waals surface area contributed by atoms with E-state index in [-0.39, 0.29) is 18.0 Å². The smallest absolute Gasteiger partial charge is 0.261 e. The fourth-order valence-corrected chi connectivity index (χ4v) is 4.26. The Labute approximate surface area is 145 Å².